The number of carbonyl (C=O) groups excluding carboxylic acids is 1. The number of rotatable bonds is 2. The molecule has 4 nitrogen and oxygen atoms in total. The molecule has 110 valence electrons. The molecule has 20 heavy (non-hydrogen) atoms. The molecule has 1 saturated heterocycles. The van der Waals surface area contributed by atoms with Crippen molar-refractivity contribution in [3.63, 3.8) is 0 Å². The molecule has 0 N–H and O–H groups in total. The number of pyridine rings is 1. The Morgan fingerprint density at radius 3 is 2.45 bits per heavy atom. The van der Waals surface area contributed by atoms with E-state index in [9.17, 15) is 4.79 Å². The fourth-order valence-corrected chi connectivity index (χ4v) is 2.51. The number of anilines is 1. The van der Waals surface area contributed by atoms with Crippen molar-refractivity contribution in [2.24, 2.45) is 0 Å². The van der Waals surface area contributed by atoms with E-state index in [0.29, 0.717) is 0 Å². The smallest absolute Gasteiger partial charge is 0.163 e. The average Bonchev–Trinajstić information content (AvgIpc) is 2.44. The van der Waals surface area contributed by atoms with Gasteiger partial charge in [0.15, 0.2) is 5.78 Å². The number of Topliss-reactive ketones (excluding diaryl/α,β-unsaturated/α-hetero) is 1. The van der Waals surface area contributed by atoms with Gasteiger partial charge in [-0.1, -0.05) is 0 Å². The van der Waals surface area contributed by atoms with Gasteiger partial charge in [0.2, 0.25) is 0 Å². The normalized spacial score (nSPS) is 17.8. The maximum Gasteiger partial charge on any atom is 0.163 e. The van der Waals surface area contributed by atoms with Gasteiger partial charge in [0.25, 0.3) is 0 Å². The maximum absolute atomic E-state index is 11.9. The Balaban J connectivity index is 2.20. The molecule has 0 atom stereocenters. The van der Waals surface area contributed by atoms with Crippen LogP contribution in [0.15, 0.2) is 12.3 Å². The predicted molar refractivity (Wildman–Crippen MR) is 80.5 cm³/mol. The highest BCUT2D eigenvalue weighted by Gasteiger charge is 2.16. The third kappa shape index (κ3) is 4.04. The molecule has 1 fully saturated rings. The Kier molecular flexibility index (Phi) is 5.53. The Labute approximate surface area is 121 Å². The highest BCUT2D eigenvalue weighted by atomic mass is 16.5. The first-order chi connectivity index (χ1) is 9.68. The monoisotopic (exact) mass is 276 g/mol. The molecule has 0 spiro atoms. The average molecular weight is 276 g/mol. The summed E-state index contributed by atoms with van der Waals surface area (Å²) in [6.45, 7) is 7.17. The van der Waals surface area contributed by atoms with Crippen molar-refractivity contribution in [3.8, 4) is 0 Å². The van der Waals surface area contributed by atoms with Crippen molar-refractivity contribution in [2.75, 3.05) is 31.2 Å². The van der Waals surface area contributed by atoms with E-state index in [1.54, 1.807) is 6.92 Å². The summed E-state index contributed by atoms with van der Waals surface area (Å²) in [6, 6.07) is 1.95. The quantitative estimate of drug-likeness (QED) is 0.779. The fraction of sp³-hybridized carbons (Fsp3) is 0.625. The third-order valence-electron chi connectivity index (χ3n) is 3.62. The molecule has 0 radical (unpaired) electrons. The first-order valence-electron chi connectivity index (χ1n) is 7.49. The standard InChI is InChI=1S/C16H24N2O2/c1-13-11-15(14(2)19)16(17-12-13)18-7-3-5-9-20-10-6-4-8-18/h11-12H,3-10H2,1-2H3. The van der Waals surface area contributed by atoms with Crippen molar-refractivity contribution in [2.45, 2.75) is 39.5 Å². The number of aryl methyl sites for hydroxylation is 1. The fourth-order valence-electron chi connectivity index (χ4n) is 2.51. The van der Waals surface area contributed by atoms with Crippen molar-refractivity contribution >= 4 is 11.6 Å². The lowest BCUT2D eigenvalue weighted by molar-refractivity contribution is 0.101. The summed E-state index contributed by atoms with van der Waals surface area (Å²) in [6.07, 6.45) is 6.14. The van der Waals surface area contributed by atoms with Crippen LogP contribution in [-0.2, 0) is 4.74 Å². The second-order valence-corrected chi connectivity index (χ2v) is 5.45. The van der Waals surface area contributed by atoms with E-state index in [4.69, 9.17) is 4.74 Å². The summed E-state index contributed by atoms with van der Waals surface area (Å²) in [7, 11) is 0. The second kappa shape index (κ2) is 7.39. The lowest BCUT2D eigenvalue weighted by Crippen LogP contribution is -2.29. The van der Waals surface area contributed by atoms with Gasteiger partial charge in [-0.05, 0) is 51.2 Å². The summed E-state index contributed by atoms with van der Waals surface area (Å²) in [4.78, 5) is 18.6. The van der Waals surface area contributed by atoms with Gasteiger partial charge >= 0.3 is 0 Å². The van der Waals surface area contributed by atoms with E-state index < -0.39 is 0 Å². The molecule has 0 aliphatic carbocycles. The molecule has 1 aliphatic rings. The first kappa shape index (κ1) is 15.0. The summed E-state index contributed by atoms with van der Waals surface area (Å²) < 4.78 is 5.54. The number of hydrogen-bond donors (Lipinski definition) is 0. The molecule has 0 unspecified atom stereocenters. The van der Waals surface area contributed by atoms with Gasteiger partial charge in [-0.3, -0.25) is 4.79 Å². The molecule has 0 amide bonds. The summed E-state index contributed by atoms with van der Waals surface area (Å²) in [5.74, 6) is 0.946. The molecule has 0 bridgehead atoms. The molecule has 4 heteroatoms. The zero-order chi connectivity index (χ0) is 14.4. The molecular weight excluding hydrogens is 252 g/mol. The minimum atomic E-state index is 0.0941. The van der Waals surface area contributed by atoms with E-state index in [2.05, 4.69) is 9.88 Å². The largest absolute Gasteiger partial charge is 0.381 e. The molecular formula is C16H24N2O2. The van der Waals surface area contributed by atoms with E-state index in [1.807, 2.05) is 19.2 Å². The van der Waals surface area contributed by atoms with Crippen LogP contribution in [0.1, 0.15) is 48.5 Å². The maximum atomic E-state index is 11.9. The number of aromatic nitrogens is 1. The van der Waals surface area contributed by atoms with Crippen molar-refractivity contribution in [1.29, 1.82) is 0 Å². The van der Waals surface area contributed by atoms with E-state index >= 15 is 0 Å². The summed E-state index contributed by atoms with van der Waals surface area (Å²) in [5.41, 5.74) is 1.78. The Morgan fingerprint density at radius 1 is 1.20 bits per heavy atom. The van der Waals surface area contributed by atoms with Gasteiger partial charge < -0.3 is 9.64 Å². The number of nitrogens with zero attached hydrogens (tertiary/aromatic N) is 2. The summed E-state index contributed by atoms with van der Waals surface area (Å²) in [5, 5.41) is 0. The molecule has 2 heterocycles. The van der Waals surface area contributed by atoms with Crippen LogP contribution in [-0.4, -0.2) is 37.1 Å². The van der Waals surface area contributed by atoms with Crippen LogP contribution in [0.25, 0.3) is 0 Å². The van der Waals surface area contributed by atoms with Crippen LogP contribution in [0.2, 0.25) is 0 Å². The van der Waals surface area contributed by atoms with Crippen LogP contribution < -0.4 is 4.90 Å². The van der Waals surface area contributed by atoms with Gasteiger partial charge in [0.05, 0.1) is 5.56 Å². The predicted octanol–water partition coefficient (Wildman–Crippen LogP) is 2.99. The van der Waals surface area contributed by atoms with Gasteiger partial charge in [0, 0.05) is 32.5 Å². The Hall–Kier alpha value is -1.42. The minimum Gasteiger partial charge on any atom is -0.381 e. The molecule has 0 saturated carbocycles. The summed E-state index contributed by atoms with van der Waals surface area (Å²) >= 11 is 0. The highest BCUT2D eigenvalue weighted by molar-refractivity contribution is 5.99. The molecule has 1 aromatic rings. The van der Waals surface area contributed by atoms with Crippen molar-refractivity contribution < 1.29 is 9.53 Å². The number of carbonyl (C=O) groups is 1. The van der Waals surface area contributed by atoms with Crippen LogP contribution in [0.4, 0.5) is 5.82 Å². The Bertz CT molecular complexity index is 450. The molecule has 2 rings (SSSR count). The third-order valence-corrected chi connectivity index (χ3v) is 3.62. The lowest BCUT2D eigenvalue weighted by atomic mass is 10.1. The van der Waals surface area contributed by atoms with Gasteiger partial charge in [-0.2, -0.15) is 0 Å². The van der Waals surface area contributed by atoms with E-state index in [1.165, 1.54) is 0 Å². The lowest BCUT2D eigenvalue weighted by Gasteiger charge is -2.26. The van der Waals surface area contributed by atoms with Crippen LogP contribution in [0.3, 0.4) is 0 Å². The van der Waals surface area contributed by atoms with Crippen molar-refractivity contribution in [3.05, 3.63) is 23.4 Å². The SMILES string of the molecule is CC(=O)c1cc(C)cnc1N1CCCCOCCCC1. The number of ether oxygens (including phenoxy) is 1. The second-order valence-electron chi connectivity index (χ2n) is 5.45. The van der Waals surface area contributed by atoms with Gasteiger partial charge in [0.1, 0.15) is 5.82 Å². The number of hydrogen-bond acceptors (Lipinski definition) is 4. The topological polar surface area (TPSA) is 42.4 Å². The molecule has 1 aromatic heterocycles. The van der Waals surface area contributed by atoms with Crippen molar-refractivity contribution in [1.82, 2.24) is 4.98 Å². The number of ketones is 1. The zero-order valence-electron chi connectivity index (χ0n) is 12.5. The minimum absolute atomic E-state index is 0.0941. The van der Waals surface area contributed by atoms with Crippen LogP contribution >= 0.6 is 0 Å². The van der Waals surface area contributed by atoms with Gasteiger partial charge in [-0.15, -0.1) is 0 Å². The first-order valence-corrected chi connectivity index (χ1v) is 7.49. The highest BCUT2D eigenvalue weighted by Crippen LogP contribution is 2.21. The van der Waals surface area contributed by atoms with E-state index in [0.717, 1.165) is 68.9 Å². The Morgan fingerprint density at radius 2 is 1.85 bits per heavy atom. The van der Waals surface area contributed by atoms with Crippen LogP contribution in [0.5, 0.6) is 0 Å². The zero-order valence-corrected chi connectivity index (χ0v) is 12.5. The van der Waals surface area contributed by atoms with E-state index in [-0.39, 0.29) is 5.78 Å². The molecule has 0 aromatic carbocycles. The molecule has 1 aliphatic heterocycles. The van der Waals surface area contributed by atoms with Crippen LogP contribution in [0, 0.1) is 6.92 Å². The van der Waals surface area contributed by atoms with Gasteiger partial charge in [-0.25, -0.2) is 4.98 Å².